The molecule has 1 aliphatic heterocycles. The van der Waals surface area contributed by atoms with Gasteiger partial charge in [0, 0.05) is 39.6 Å². The maximum absolute atomic E-state index is 9.84. The summed E-state index contributed by atoms with van der Waals surface area (Å²) in [6.45, 7) is 11.5. The molecule has 1 aromatic heterocycles. The lowest BCUT2D eigenvalue weighted by molar-refractivity contribution is 0.0714. The highest BCUT2D eigenvalue weighted by Gasteiger charge is 2.19. The van der Waals surface area contributed by atoms with Crippen LogP contribution >= 0.6 is 0 Å². The lowest BCUT2D eigenvalue weighted by Gasteiger charge is -2.34. The highest BCUT2D eigenvalue weighted by Crippen LogP contribution is 2.15. The van der Waals surface area contributed by atoms with Crippen molar-refractivity contribution in [2.24, 2.45) is 0 Å². The second-order valence-corrected chi connectivity index (χ2v) is 7.91. The van der Waals surface area contributed by atoms with Crippen LogP contribution in [0.4, 0.5) is 0 Å². The fourth-order valence-electron chi connectivity index (χ4n) is 3.23. The van der Waals surface area contributed by atoms with Crippen molar-refractivity contribution >= 4 is 0 Å². The number of rotatable bonds is 7. The van der Waals surface area contributed by atoms with Crippen LogP contribution in [-0.2, 0) is 19.5 Å². The monoisotopic (exact) mass is 358 g/mol. The number of hydrogen-bond acceptors (Lipinski definition) is 6. The van der Waals surface area contributed by atoms with Gasteiger partial charge in [0.15, 0.2) is 5.82 Å². The molecule has 2 aromatic rings. The Bertz CT molecular complexity index is 683. The second-order valence-electron chi connectivity index (χ2n) is 7.91. The molecule has 6 heteroatoms. The predicted octanol–water partition coefficient (Wildman–Crippen LogP) is 2.40. The van der Waals surface area contributed by atoms with Gasteiger partial charge in [0.25, 0.3) is 0 Å². The van der Waals surface area contributed by atoms with Crippen molar-refractivity contribution in [3.63, 3.8) is 0 Å². The Balaban J connectivity index is 1.42. The maximum atomic E-state index is 9.84. The summed E-state index contributed by atoms with van der Waals surface area (Å²) in [5.41, 5.74) is 2.04. The fraction of sp³-hybridized carbons (Fsp3) is 0.600. The zero-order chi connectivity index (χ0) is 18.6. The van der Waals surface area contributed by atoms with Gasteiger partial charge in [-0.15, -0.1) is 0 Å². The molecule has 0 unspecified atom stereocenters. The quantitative estimate of drug-likeness (QED) is 0.820. The number of hydrogen-bond donors (Lipinski definition) is 1. The zero-order valence-electron chi connectivity index (χ0n) is 16.1. The van der Waals surface area contributed by atoms with Crippen LogP contribution in [0.1, 0.15) is 43.1 Å². The Kier molecular flexibility index (Phi) is 6.06. The highest BCUT2D eigenvalue weighted by molar-refractivity contribution is 5.22. The van der Waals surface area contributed by atoms with E-state index in [1.165, 1.54) is 11.1 Å². The summed E-state index contributed by atoms with van der Waals surface area (Å²) in [5, 5.41) is 13.8. The molecule has 1 fully saturated rings. The SMILES string of the molecule is Cc1nc(CN2CCN(Cc3ccc(CCC(C)(C)O)cc3)CC2)no1. The van der Waals surface area contributed by atoms with Gasteiger partial charge in [0.2, 0.25) is 5.89 Å². The van der Waals surface area contributed by atoms with Gasteiger partial charge < -0.3 is 9.63 Å². The van der Waals surface area contributed by atoms with Gasteiger partial charge in [-0.2, -0.15) is 4.98 Å². The molecule has 1 aliphatic rings. The summed E-state index contributed by atoms with van der Waals surface area (Å²) in [7, 11) is 0. The molecule has 1 N–H and O–H groups in total. The summed E-state index contributed by atoms with van der Waals surface area (Å²) < 4.78 is 5.04. The lowest BCUT2D eigenvalue weighted by atomic mass is 9.98. The molecule has 26 heavy (non-hydrogen) atoms. The van der Waals surface area contributed by atoms with Crippen LogP contribution in [-0.4, -0.2) is 56.8 Å². The van der Waals surface area contributed by atoms with E-state index in [-0.39, 0.29) is 0 Å². The molecule has 0 saturated carbocycles. The minimum Gasteiger partial charge on any atom is -0.390 e. The average Bonchev–Trinajstić information content (AvgIpc) is 3.00. The fourth-order valence-corrected chi connectivity index (χ4v) is 3.23. The number of benzene rings is 1. The minimum atomic E-state index is -0.599. The Morgan fingerprint density at radius 2 is 1.58 bits per heavy atom. The summed E-state index contributed by atoms with van der Waals surface area (Å²) in [5.74, 6) is 1.40. The van der Waals surface area contributed by atoms with E-state index < -0.39 is 5.60 Å². The predicted molar refractivity (Wildman–Crippen MR) is 101 cm³/mol. The molecular formula is C20H30N4O2. The second kappa shape index (κ2) is 8.29. The van der Waals surface area contributed by atoms with Crippen molar-refractivity contribution in [3.8, 4) is 0 Å². The van der Waals surface area contributed by atoms with E-state index in [1.54, 1.807) is 0 Å². The highest BCUT2D eigenvalue weighted by atomic mass is 16.5. The first-order valence-corrected chi connectivity index (χ1v) is 9.41. The first-order chi connectivity index (χ1) is 12.4. The molecule has 1 saturated heterocycles. The van der Waals surface area contributed by atoms with Crippen LogP contribution in [0.2, 0.25) is 0 Å². The van der Waals surface area contributed by atoms with Crippen molar-refractivity contribution in [2.45, 2.75) is 52.3 Å². The third-order valence-electron chi connectivity index (χ3n) is 4.85. The van der Waals surface area contributed by atoms with Crippen molar-refractivity contribution in [1.82, 2.24) is 19.9 Å². The molecule has 1 aromatic carbocycles. The first-order valence-electron chi connectivity index (χ1n) is 9.41. The Morgan fingerprint density at radius 1 is 1.00 bits per heavy atom. The molecule has 0 atom stereocenters. The smallest absolute Gasteiger partial charge is 0.223 e. The van der Waals surface area contributed by atoms with E-state index in [0.717, 1.165) is 57.9 Å². The van der Waals surface area contributed by atoms with Gasteiger partial charge in [-0.25, -0.2) is 0 Å². The molecule has 0 amide bonds. The van der Waals surface area contributed by atoms with Crippen molar-refractivity contribution in [1.29, 1.82) is 0 Å². The molecule has 3 rings (SSSR count). The number of nitrogens with zero attached hydrogens (tertiary/aromatic N) is 4. The number of aryl methyl sites for hydroxylation is 2. The van der Waals surface area contributed by atoms with E-state index in [1.807, 2.05) is 20.8 Å². The zero-order valence-corrected chi connectivity index (χ0v) is 16.1. The largest absolute Gasteiger partial charge is 0.390 e. The van der Waals surface area contributed by atoms with Crippen LogP contribution < -0.4 is 0 Å². The van der Waals surface area contributed by atoms with Crippen molar-refractivity contribution < 1.29 is 9.63 Å². The van der Waals surface area contributed by atoms with Gasteiger partial charge in [-0.05, 0) is 37.8 Å². The van der Waals surface area contributed by atoms with Gasteiger partial charge in [-0.1, -0.05) is 29.4 Å². The molecule has 0 spiro atoms. The van der Waals surface area contributed by atoms with Gasteiger partial charge in [0.1, 0.15) is 0 Å². The Morgan fingerprint density at radius 3 is 2.12 bits per heavy atom. The van der Waals surface area contributed by atoms with Crippen molar-refractivity contribution in [2.75, 3.05) is 26.2 Å². The lowest BCUT2D eigenvalue weighted by Crippen LogP contribution is -2.45. The minimum absolute atomic E-state index is 0.599. The van der Waals surface area contributed by atoms with Gasteiger partial charge in [-0.3, -0.25) is 9.80 Å². The molecule has 6 nitrogen and oxygen atoms in total. The maximum Gasteiger partial charge on any atom is 0.223 e. The summed E-state index contributed by atoms with van der Waals surface area (Å²) in [6, 6.07) is 8.81. The van der Waals surface area contributed by atoms with E-state index in [0.29, 0.717) is 5.89 Å². The molecule has 2 heterocycles. The van der Waals surface area contributed by atoms with Crippen LogP contribution in [0.3, 0.4) is 0 Å². The topological polar surface area (TPSA) is 65.6 Å². The third-order valence-corrected chi connectivity index (χ3v) is 4.85. The van der Waals surface area contributed by atoms with E-state index in [2.05, 4.69) is 44.2 Å². The normalized spacial score (nSPS) is 16.9. The van der Waals surface area contributed by atoms with E-state index in [4.69, 9.17) is 4.52 Å². The summed E-state index contributed by atoms with van der Waals surface area (Å²) >= 11 is 0. The van der Waals surface area contributed by atoms with Crippen LogP contribution in [0.15, 0.2) is 28.8 Å². The first kappa shape index (κ1) is 19.0. The summed E-state index contributed by atoms with van der Waals surface area (Å²) in [4.78, 5) is 9.15. The number of piperazine rings is 1. The standard InChI is InChI=1S/C20H30N4O2/c1-16-21-19(22-26-16)15-24-12-10-23(11-13-24)14-18-6-4-17(5-7-18)8-9-20(2,3)25/h4-7,25H,8-15H2,1-3H3. The van der Waals surface area contributed by atoms with Crippen LogP contribution in [0, 0.1) is 6.92 Å². The van der Waals surface area contributed by atoms with Gasteiger partial charge >= 0.3 is 0 Å². The Hall–Kier alpha value is -1.76. The Labute approximate surface area is 155 Å². The van der Waals surface area contributed by atoms with E-state index in [9.17, 15) is 5.11 Å². The molecule has 0 radical (unpaired) electrons. The van der Waals surface area contributed by atoms with Crippen LogP contribution in [0.5, 0.6) is 0 Å². The third kappa shape index (κ3) is 5.90. The summed E-state index contributed by atoms with van der Waals surface area (Å²) in [6.07, 6.45) is 1.70. The number of aromatic nitrogens is 2. The molecule has 0 aliphatic carbocycles. The van der Waals surface area contributed by atoms with E-state index >= 15 is 0 Å². The van der Waals surface area contributed by atoms with Crippen LogP contribution in [0.25, 0.3) is 0 Å². The number of aliphatic hydroxyl groups is 1. The molecule has 0 bridgehead atoms. The van der Waals surface area contributed by atoms with Crippen molar-refractivity contribution in [3.05, 3.63) is 47.1 Å². The molecular weight excluding hydrogens is 328 g/mol. The average molecular weight is 358 g/mol. The molecule has 142 valence electrons. The van der Waals surface area contributed by atoms with Gasteiger partial charge in [0.05, 0.1) is 12.1 Å².